The van der Waals surface area contributed by atoms with Crippen LogP contribution in [0.15, 0.2) is 176 Å². The van der Waals surface area contributed by atoms with Crippen LogP contribution in [0.5, 0.6) is 0 Å². The average Bonchev–Trinajstić information content (AvgIpc) is 3.88. The minimum atomic E-state index is -0.846. The summed E-state index contributed by atoms with van der Waals surface area (Å²) in [6, 6.07) is 60.6. The van der Waals surface area contributed by atoms with Crippen molar-refractivity contribution in [1.29, 1.82) is 0 Å². The normalized spacial score (nSPS) is 11.5. The fourth-order valence-corrected chi connectivity index (χ4v) is 7.03. The van der Waals surface area contributed by atoms with Crippen LogP contribution >= 0.6 is 0 Å². The van der Waals surface area contributed by atoms with Gasteiger partial charge in [0.05, 0.1) is 31.1 Å². The Kier molecular flexibility index (Phi) is 9.81. The minimum Gasteiger partial charge on any atom is -0.370 e. The van der Waals surface area contributed by atoms with Gasteiger partial charge >= 0.3 is 0 Å². The van der Waals surface area contributed by atoms with E-state index in [4.69, 9.17) is 25.2 Å². The zero-order valence-corrected chi connectivity index (χ0v) is 29.7. The predicted octanol–water partition coefficient (Wildman–Crippen LogP) is 9.37. The van der Waals surface area contributed by atoms with Crippen LogP contribution in [-0.2, 0) is 36.5 Å². The van der Waals surface area contributed by atoms with E-state index < -0.39 is 5.54 Å². The minimum absolute atomic E-state index is 0.501. The molecule has 0 aliphatic heterocycles. The Morgan fingerprint density at radius 3 is 1.68 bits per heavy atom. The van der Waals surface area contributed by atoms with E-state index in [1.165, 1.54) is 0 Å². The van der Waals surface area contributed by atoms with E-state index in [2.05, 4.69) is 145 Å². The zero-order valence-electron chi connectivity index (χ0n) is 29.7. The van der Waals surface area contributed by atoms with Crippen LogP contribution in [-0.4, -0.2) is 30.0 Å². The van der Waals surface area contributed by atoms with Crippen molar-refractivity contribution in [3.05, 3.63) is 215 Å². The van der Waals surface area contributed by atoms with Crippen molar-refractivity contribution in [3.8, 4) is 22.5 Å². The Morgan fingerprint density at radius 2 is 1.09 bits per heavy atom. The number of hydrogen-bond acceptors (Lipinski definition) is 5. The van der Waals surface area contributed by atoms with Gasteiger partial charge < -0.3 is 4.74 Å². The summed E-state index contributed by atoms with van der Waals surface area (Å²) in [5.41, 5.74) is 9.73. The number of tetrazole rings is 1. The van der Waals surface area contributed by atoms with Gasteiger partial charge in [0, 0.05) is 5.56 Å². The molecule has 53 heavy (non-hydrogen) atoms. The lowest BCUT2D eigenvalue weighted by Crippen LogP contribution is -2.39. The van der Waals surface area contributed by atoms with Gasteiger partial charge in [-0.05, 0) is 56.6 Å². The molecule has 0 amide bonds. The van der Waals surface area contributed by atoms with Gasteiger partial charge in [-0.15, -0.1) is 15.0 Å². The van der Waals surface area contributed by atoms with Crippen LogP contribution < -0.4 is 0 Å². The molecule has 0 unspecified atom stereocenters. The van der Waals surface area contributed by atoms with Crippen molar-refractivity contribution in [1.82, 2.24) is 30.0 Å². The van der Waals surface area contributed by atoms with Crippen molar-refractivity contribution in [2.45, 2.75) is 38.6 Å². The van der Waals surface area contributed by atoms with E-state index in [0.717, 1.165) is 62.3 Å². The van der Waals surface area contributed by atoms with Crippen molar-refractivity contribution in [3.63, 3.8) is 0 Å². The molecule has 8 aromatic rings. The Hall–Kier alpha value is -6.44. The topological polar surface area (TPSA) is 70.7 Å². The fraction of sp³-hybridized carbons (Fsp3) is 0.130. The maximum Gasteiger partial charge on any atom is 0.205 e. The number of aryl methyl sites for hydroxylation is 1. The van der Waals surface area contributed by atoms with Gasteiger partial charge in [0.25, 0.3) is 0 Å². The highest BCUT2D eigenvalue weighted by Crippen LogP contribution is 2.40. The van der Waals surface area contributed by atoms with Crippen LogP contribution in [0.25, 0.3) is 22.5 Å². The average molecular weight is 693 g/mol. The third-order valence-corrected chi connectivity index (χ3v) is 9.69. The third kappa shape index (κ3) is 6.95. The lowest BCUT2D eigenvalue weighted by Gasteiger charge is -2.34. The molecule has 0 saturated carbocycles. The molecule has 7 nitrogen and oxygen atoms in total. The first-order chi connectivity index (χ1) is 26.2. The zero-order chi connectivity index (χ0) is 35.9. The highest BCUT2D eigenvalue weighted by molar-refractivity contribution is 5.80. The molecule has 7 heteroatoms. The molecular weight excluding hydrogens is 653 g/mol. The van der Waals surface area contributed by atoms with E-state index in [9.17, 15) is 0 Å². The van der Waals surface area contributed by atoms with Gasteiger partial charge in [-0.1, -0.05) is 177 Å². The first kappa shape index (κ1) is 33.7. The lowest BCUT2D eigenvalue weighted by atomic mass is 9.77. The summed E-state index contributed by atoms with van der Waals surface area (Å²) in [5.74, 6) is 0.556. The summed E-state index contributed by atoms with van der Waals surface area (Å²) >= 11 is 0. The van der Waals surface area contributed by atoms with Crippen LogP contribution in [0.1, 0.15) is 46.1 Å². The second kappa shape index (κ2) is 15.4. The molecule has 0 fully saturated rings. The maximum absolute atomic E-state index is 6.09. The van der Waals surface area contributed by atoms with Crippen molar-refractivity contribution >= 4 is 0 Å². The Balaban J connectivity index is 1.10. The van der Waals surface area contributed by atoms with Gasteiger partial charge in [0.1, 0.15) is 0 Å². The summed E-state index contributed by atoms with van der Waals surface area (Å²) < 4.78 is 8.16. The molecule has 260 valence electrons. The number of hydrogen-bond donors (Lipinski definition) is 0. The highest BCUT2D eigenvalue weighted by Gasteiger charge is 2.41. The Bertz CT molecular complexity index is 2270. The molecule has 0 bridgehead atoms. The molecule has 8 rings (SSSR count). The van der Waals surface area contributed by atoms with Gasteiger partial charge in [-0.3, -0.25) is 4.68 Å². The summed E-state index contributed by atoms with van der Waals surface area (Å²) in [6.07, 6.45) is 0.871. The highest BCUT2D eigenvalue weighted by atomic mass is 16.5. The maximum atomic E-state index is 6.09. The van der Waals surface area contributed by atoms with Crippen LogP contribution in [0.4, 0.5) is 0 Å². The van der Waals surface area contributed by atoms with Crippen molar-refractivity contribution in [2.75, 3.05) is 0 Å². The van der Waals surface area contributed by atoms with Gasteiger partial charge in [-0.2, -0.15) is 5.10 Å². The predicted molar refractivity (Wildman–Crippen MR) is 209 cm³/mol. The second-order valence-electron chi connectivity index (χ2n) is 13.1. The van der Waals surface area contributed by atoms with Crippen LogP contribution in [0, 0.1) is 0 Å². The van der Waals surface area contributed by atoms with E-state index in [0.29, 0.717) is 25.6 Å². The molecule has 0 atom stereocenters. The summed E-state index contributed by atoms with van der Waals surface area (Å²) in [5, 5.41) is 19.6. The smallest absolute Gasteiger partial charge is 0.205 e. The van der Waals surface area contributed by atoms with Gasteiger partial charge in [0.2, 0.25) is 5.82 Å². The molecular formula is C46H40N6O. The number of nitrogens with zero attached hydrogens (tertiary/aromatic N) is 6. The molecule has 0 N–H and O–H groups in total. The quantitative estimate of drug-likeness (QED) is 0.113. The number of aromatic nitrogens is 6. The van der Waals surface area contributed by atoms with Crippen LogP contribution in [0.3, 0.4) is 0 Å². The summed E-state index contributed by atoms with van der Waals surface area (Å²) in [4.78, 5) is 1.78. The fourth-order valence-electron chi connectivity index (χ4n) is 7.03. The van der Waals surface area contributed by atoms with E-state index in [1.807, 2.05) is 42.5 Å². The first-order valence-electron chi connectivity index (χ1n) is 18.1. The van der Waals surface area contributed by atoms with E-state index in [-0.39, 0.29) is 0 Å². The van der Waals surface area contributed by atoms with Crippen molar-refractivity contribution < 1.29 is 4.74 Å². The monoisotopic (exact) mass is 692 g/mol. The third-order valence-electron chi connectivity index (χ3n) is 9.69. The van der Waals surface area contributed by atoms with E-state index >= 15 is 0 Å². The molecule has 0 aliphatic rings. The van der Waals surface area contributed by atoms with Gasteiger partial charge in [0.15, 0.2) is 5.54 Å². The standard InChI is InChI=1S/C46H40N6O/c1-2-41-31-42(34-53-33-36-17-7-3-8-18-36)51(48-41)32-35-27-29-37(30-28-35)43-25-15-16-26-44(43)45-47-50-52(49-45)46(38-19-9-4-10-20-38,39-21-11-5-12-22-39)40-23-13-6-14-24-40/h3-31H,2,32-34H2,1H3. The number of ether oxygens (including phenoxy) is 1. The molecule has 0 aliphatic carbocycles. The molecule has 0 radical (unpaired) electrons. The van der Waals surface area contributed by atoms with Crippen molar-refractivity contribution in [2.24, 2.45) is 0 Å². The van der Waals surface area contributed by atoms with Crippen LogP contribution in [0.2, 0.25) is 0 Å². The Labute approximate surface area is 310 Å². The molecule has 0 saturated heterocycles. The lowest BCUT2D eigenvalue weighted by molar-refractivity contribution is 0.101. The largest absolute Gasteiger partial charge is 0.370 e. The summed E-state index contributed by atoms with van der Waals surface area (Å²) in [6.45, 7) is 3.85. The number of rotatable bonds is 13. The van der Waals surface area contributed by atoms with Gasteiger partial charge in [-0.25, -0.2) is 0 Å². The van der Waals surface area contributed by atoms with E-state index in [1.54, 1.807) is 4.80 Å². The first-order valence-corrected chi connectivity index (χ1v) is 18.1. The molecule has 6 aromatic carbocycles. The number of benzene rings is 6. The second-order valence-corrected chi connectivity index (χ2v) is 13.1. The summed E-state index contributed by atoms with van der Waals surface area (Å²) in [7, 11) is 0. The molecule has 2 heterocycles. The SMILES string of the molecule is CCc1cc(COCc2ccccc2)n(Cc2ccc(-c3ccccc3-c3nnn(C(c4ccccc4)(c4ccccc4)c4ccccc4)n3)cc2)n1. The molecule has 2 aromatic heterocycles. The molecule has 0 spiro atoms. The Morgan fingerprint density at radius 1 is 0.547 bits per heavy atom.